The van der Waals surface area contributed by atoms with Crippen LogP contribution in [0, 0.1) is 0 Å². The van der Waals surface area contributed by atoms with Gasteiger partial charge >= 0.3 is 0 Å². The molecule has 0 aromatic heterocycles. The van der Waals surface area contributed by atoms with Crippen LogP contribution in [0.2, 0.25) is 0 Å². The van der Waals surface area contributed by atoms with E-state index in [0.717, 1.165) is 4.90 Å². The van der Waals surface area contributed by atoms with E-state index < -0.39 is 31.3 Å². The van der Waals surface area contributed by atoms with Gasteiger partial charge in [0.25, 0.3) is 0 Å². The molecule has 9 heteroatoms. The van der Waals surface area contributed by atoms with Crippen molar-refractivity contribution in [3.05, 3.63) is 24.3 Å². The average molecular weight is 356 g/mol. The Hall–Kier alpha value is -0.280. The molecule has 0 bridgehead atoms. The molecule has 0 radical (unpaired) electrons. The third-order valence-electron chi connectivity index (χ3n) is 2.96. The molecule has 0 spiro atoms. The Morgan fingerprint density at radius 2 is 1.85 bits per heavy atom. The van der Waals surface area contributed by atoms with Gasteiger partial charge in [0.05, 0.1) is 27.8 Å². The van der Waals surface area contributed by atoms with E-state index in [1.165, 1.54) is 23.9 Å². The van der Waals surface area contributed by atoms with Gasteiger partial charge in [-0.1, -0.05) is 0 Å². The molecule has 1 aromatic carbocycles. The molecule has 5 nitrogen and oxygen atoms in total. The molecule has 0 aliphatic carbocycles. The van der Waals surface area contributed by atoms with Crippen LogP contribution in [0.25, 0.3) is 0 Å². The Balaban J connectivity index is 2.19. The fourth-order valence-corrected chi connectivity index (χ4v) is 6.35. The van der Waals surface area contributed by atoms with Gasteiger partial charge in [0.1, 0.15) is 0 Å². The van der Waals surface area contributed by atoms with E-state index in [1.54, 1.807) is 12.1 Å². The van der Waals surface area contributed by atoms with Crippen molar-refractivity contribution in [2.45, 2.75) is 21.2 Å². The molecule has 0 saturated carbocycles. The van der Waals surface area contributed by atoms with Crippen molar-refractivity contribution >= 4 is 43.2 Å². The van der Waals surface area contributed by atoms with Gasteiger partial charge in [-0.3, -0.25) is 0 Å². The maximum atomic E-state index is 12.2. The Morgan fingerprint density at radius 1 is 1.25 bits per heavy atom. The summed E-state index contributed by atoms with van der Waals surface area (Å²) in [4.78, 5) is 1.05. The van der Waals surface area contributed by atoms with Crippen LogP contribution < -0.4 is 4.72 Å². The first-order chi connectivity index (χ1) is 9.23. The Bertz CT molecular complexity index is 685. The van der Waals surface area contributed by atoms with Crippen molar-refractivity contribution in [2.24, 2.45) is 0 Å². The number of nitrogens with one attached hydrogen (secondary N) is 1. The zero-order chi connectivity index (χ0) is 15.0. The second kappa shape index (κ2) is 5.84. The Labute approximate surface area is 128 Å². The third kappa shape index (κ3) is 3.67. The van der Waals surface area contributed by atoms with Gasteiger partial charge in [0.15, 0.2) is 9.84 Å². The first-order valence-electron chi connectivity index (χ1n) is 5.74. The number of hydrogen-bond acceptors (Lipinski definition) is 5. The molecule has 1 aliphatic rings. The van der Waals surface area contributed by atoms with E-state index in [0.29, 0.717) is 0 Å². The lowest BCUT2D eigenvalue weighted by molar-refractivity contribution is 0.563. The molecule has 1 fully saturated rings. The first-order valence-corrected chi connectivity index (χ1v) is 10.7. The molecule has 112 valence electrons. The van der Waals surface area contributed by atoms with Crippen molar-refractivity contribution in [1.29, 1.82) is 0 Å². The van der Waals surface area contributed by atoms with E-state index >= 15 is 0 Å². The second-order valence-electron chi connectivity index (χ2n) is 4.50. The van der Waals surface area contributed by atoms with Gasteiger partial charge in [-0.25, -0.2) is 21.6 Å². The SMILES string of the molecule is CSc1ccc(S(=O)(=O)N[C@@H]2CS(=O)(=O)C[C@H]2Cl)cc1. The molecule has 2 rings (SSSR count). The summed E-state index contributed by atoms with van der Waals surface area (Å²) in [7, 11) is -7.03. The summed E-state index contributed by atoms with van der Waals surface area (Å²) in [5.74, 6) is -0.462. The van der Waals surface area contributed by atoms with E-state index in [2.05, 4.69) is 4.72 Å². The van der Waals surface area contributed by atoms with Crippen LogP contribution in [-0.4, -0.2) is 46.0 Å². The second-order valence-corrected chi connectivity index (χ2v) is 9.80. The van der Waals surface area contributed by atoms with Crippen molar-refractivity contribution in [3.63, 3.8) is 0 Å². The van der Waals surface area contributed by atoms with E-state index in [9.17, 15) is 16.8 Å². The fourth-order valence-electron chi connectivity index (χ4n) is 1.93. The van der Waals surface area contributed by atoms with Crippen LogP contribution in [0.3, 0.4) is 0 Å². The molecule has 1 heterocycles. The highest BCUT2D eigenvalue weighted by Gasteiger charge is 2.38. The molecular weight excluding hydrogens is 342 g/mol. The highest BCUT2D eigenvalue weighted by molar-refractivity contribution is 7.98. The van der Waals surface area contributed by atoms with Crippen LogP contribution in [0.1, 0.15) is 0 Å². The Morgan fingerprint density at radius 3 is 2.30 bits per heavy atom. The summed E-state index contributed by atoms with van der Waals surface area (Å²) in [6.45, 7) is 0. The van der Waals surface area contributed by atoms with Crippen molar-refractivity contribution in [2.75, 3.05) is 17.8 Å². The van der Waals surface area contributed by atoms with Crippen molar-refractivity contribution in [1.82, 2.24) is 4.72 Å². The number of halogens is 1. The lowest BCUT2D eigenvalue weighted by atomic mass is 10.3. The number of benzene rings is 1. The van der Waals surface area contributed by atoms with E-state index in [-0.39, 0.29) is 16.4 Å². The highest BCUT2D eigenvalue weighted by Crippen LogP contribution is 2.22. The van der Waals surface area contributed by atoms with Crippen molar-refractivity contribution in [3.8, 4) is 0 Å². The molecule has 2 atom stereocenters. The predicted molar refractivity (Wildman–Crippen MR) is 80.6 cm³/mol. The number of hydrogen-bond donors (Lipinski definition) is 1. The number of alkyl halides is 1. The molecule has 1 N–H and O–H groups in total. The summed E-state index contributed by atoms with van der Waals surface area (Å²) in [6.07, 6.45) is 1.89. The van der Waals surface area contributed by atoms with E-state index in [1.807, 2.05) is 6.26 Å². The number of sulfone groups is 1. The third-order valence-corrected chi connectivity index (χ3v) is 7.58. The van der Waals surface area contributed by atoms with Gasteiger partial charge in [0, 0.05) is 4.90 Å². The van der Waals surface area contributed by atoms with Crippen LogP contribution >= 0.6 is 23.4 Å². The van der Waals surface area contributed by atoms with Gasteiger partial charge in [-0.2, -0.15) is 0 Å². The highest BCUT2D eigenvalue weighted by atomic mass is 35.5. The average Bonchev–Trinajstić information content (AvgIpc) is 2.61. The fraction of sp³-hybridized carbons (Fsp3) is 0.455. The number of thioether (sulfide) groups is 1. The minimum absolute atomic E-state index is 0.100. The van der Waals surface area contributed by atoms with Crippen LogP contribution in [0.15, 0.2) is 34.1 Å². The van der Waals surface area contributed by atoms with Crippen LogP contribution in [0.5, 0.6) is 0 Å². The minimum atomic E-state index is -3.76. The quantitative estimate of drug-likeness (QED) is 0.646. The smallest absolute Gasteiger partial charge is 0.229 e. The first kappa shape index (κ1) is 16.1. The molecule has 1 aromatic rings. The lowest BCUT2D eigenvalue weighted by Crippen LogP contribution is -2.40. The number of rotatable bonds is 4. The minimum Gasteiger partial charge on any atom is -0.229 e. The topological polar surface area (TPSA) is 80.3 Å². The summed E-state index contributed by atoms with van der Waals surface area (Å²) in [5.41, 5.74) is 0. The van der Waals surface area contributed by atoms with Gasteiger partial charge in [-0.05, 0) is 30.5 Å². The maximum absolute atomic E-state index is 12.2. The molecule has 1 saturated heterocycles. The van der Waals surface area contributed by atoms with Gasteiger partial charge in [0.2, 0.25) is 10.0 Å². The lowest BCUT2D eigenvalue weighted by Gasteiger charge is -2.14. The zero-order valence-corrected chi connectivity index (χ0v) is 13.8. The summed E-state index contributed by atoms with van der Waals surface area (Å²) in [6, 6.07) is 5.58. The van der Waals surface area contributed by atoms with Gasteiger partial charge < -0.3 is 0 Å². The molecule has 1 aliphatic heterocycles. The normalized spacial score (nSPS) is 25.7. The maximum Gasteiger partial charge on any atom is 0.240 e. The summed E-state index contributed by atoms with van der Waals surface area (Å²) >= 11 is 7.40. The monoisotopic (exact) mass is 355 g/mol. The van der Waals surface area contributed by atoms with E-state index in [4.69, 9.17) is 11.6 Å². The van der Waals surface area contributed by atoms with Crippen LogP contribution in [-0.2, 0) is 19.9 Å². The predicted octanol–water partition coefficient (Wildman–Crippen LogP) is 1.09. The molecule has 0 amide bonds. The van der Waals surface area contributed by atoms with Crippen LogP contribution in [0.4, 0.5) is 0 Å². The zero-order valence-electron chi connectivity index (χ0n) is 10.6. The largest absolute Gasteiger partial charge is 0.240 e. The standard InChI is InChI=1S/C11H14ClNO4S3/c1-18-8-2-4-9(5-3-8)20(16,17)13-11-7-19(14,15)6-10(11)12/h2-5,10-11,13H,6-7H2,1H3/t10-,11-/m1/s1. The summed E-state index contributed by atoms with van der Waals surface area (Å²) < 4.78 is 49.6. The Kier molecular flexibility index (Phi) is 4.70. The van der Waals surface area contributed by atoms with Gasteiger partial charge in [-0.15, -0.1) is 23.4 Å². The van der Waals surface area contributed by atoms with Crippen molar-refractivity contribution < 1.29 is 16.8 Å². The molecule has 0 unspecified atom stereocenters. The summed E-state index contributed by atoms with van der Waals surface area (Å²) in [5, 5.41) is -0.736. The number of sulfonamides is 1. The molecule has 20 heavy (non-hydrogen) atoms. The molecular formula is C11H14ClNO4S3.